The van der Waals surface area contributed by atoms with Crippen molar-refractivity contribution in [3.05, 3.63) is 45.4 Å². The number of hydrogen-bond donors (Lipinski definition) is 2. The molecule has 0 aliphatic carbocycles. The molecule has 0 radical (unpaired) electrons. The van der Waals surface area contributed by atoms with Gasteiger partial charge in [0.2, 0.25) is 10.0 Å². The van der Waals surface area contributed by atoms with Gasteiger partial charge in [-0.05, 0) is 38.3 Å². The summed E-state index contributed by atoms with van der Waals surface area (Å²) in [6.45, 7) is 6.41. The topological polar surface area (TPSA) is 86.7 Å². The Balaban J connectivity index is 1.60. The molecule has 1 aromatic carbocycles. The van der Waals surface area contributed by atoms with Gasteiger partial charge in [0.1, 0.15) is 0 Å². The van der Waals surface area contributed by atoms with Gasteiger partial charge in [0.25, 0.3) is 0 Å². The number of thiazole rings is 1. The van der Waals surface area contributed by atoms with Gasteiger partial charge in [0, 0.05) is 44.5 Å². The van der Waals surface area contributed by atoms with Crippen molar-refractivity contribution in [1.82, 2.24) is 19.9 Å². The molecule has 7 nitrogen and oxygen atoms in total. The van der Waals surface area contributed by atoms with E-state index in [0.29, 0.717) is 37.0 Å². The van der Waals surface area contributed by atoms with Crippen LogP contribution in [0.15, 0.2) is 34.2 Å². The lowest BCUT2D eigenvalue weighted by atomic mass is 10.2. The second-order valence-electron chi connectivity index (χ2n) is 7.42. The second-order valence-corrected chi connectivity index (χ2v) is 10.6. The molecule has 0 amide bonds. The monoisotopic (exact) mass is 449 g/mol. The van der Waals surface area contributed by atoms with Gasteiger partial charge < -0.3 is 10.6 Å². The third-order valence-electron chi connectivity index (χ3n) is 5.28. The zero-order valence-electron chi connectivity index (χ0n) is 17.9. The summed E-state index contributed by atoms with van der Waals surface area (Å²) in [5.41, 5.74) is 1.83. The molecule has 0 spiro atoms. The molecule has 0 saturated carbocycles. The zero-order chi connectivity index (χ0) is 21.6. The fourth-order valence-corrected chi connectivity index (χ4v) is 6.15. The summed E-state index contributed by atoms with van der Waals surface area (Å²) in [6, 6.07) is 7.21. The average Bonchev–Trinajstić information content (AvgIpc) is 3.08. The van der Waals surface area contributed by atoms with Crippen LogP contribution in [-0.2, 0) is 23.0 Å². The Labute approximate surface area is 183 Å². The maximum atomic E-state index is 13.1. The van der Waals surface area contributed by atoms with Gasteiger partial charge in [-0.25, -0.2) is 13.4 Å². The number of nitrogens with one attached hydrogen (secondary N) is 2. The van der Waals surface area contributed by atoms with Crippen molar-refractivity contribution < 1.29 is 8.42 Å². The standard InChI is InChI=1S/C21H31N5O2S2/c1-16-17(2)29-20(25-16)11-12-23-21(22-3)24-15-18-9-5-6-10-19(18)30(27,28)26-13-7-4-8-14-26/h5-6,9-10H,4,7-8,11-15H2,1-3H3,(H2,22,23,24). The highest BCUT2D eigenvalue weighted by atomic mass is 32.2. The molecule has 0 atom stereocenters. The van der Waals surface area contributed by atoms with Crippen molar-refractivity contribution in [2.45, 2.75) is 51.0 Å². The molecule has 2 N–H and O–H groups in total. The van der Waals surface area contributed by atoms with Crippen LogP contribution in [0.2, 0.25) is 0 Å². The van der Waals surface area contributed by atoms with E-state index in [9.17, 15) is 8.42 Å². The Bertz CT molecular complexity index is 960. The molecule has 30 heavy (non-hydrogen) atoms. The number of piperidine rings is 1. The number of benzene rings is 1. The van der Waals surface area contributed by atoms with Crippen LogP contribution in [0.1, 0.15) is 40.4 Å². The first-order chi connectivity index (χ1) is 14.4. The number of aliphatic imine (C=N–C) groups is 1. The fourth-order valence-electron chi connectivity index (χ4n) is 3.48. The van der Waals surface area contributed by atoms with Crippen LogP contribution >= 0.6 is 11.3 Å². The van der Waals surface area contributed by atoms with E-state index in [2.05, 4.69) is 27.5 Å². The first kappa shape index (κ1) is 22.7. The summed E-state index contributed by atoms with van der Waals surface area (Å²) < 4.78 is 27.9. The quantitative estimate of drug-likeness (QED) is 0.501. The van der Waals surface area contributed by atoms with Crippen LogP contribution in [0.5, 0.6) is 0 Å². The van der Waals surface area contributed by atoms with Crippen LogP contribution in [0, 0.1) is 13.8 Å². The first-order valence-electron chi connectivity index (χ1n) is 10.4. The molecule has 1 aromatic heterocycles. The molecular weight excluding hydrogens is 418 g/mol. The molecule has 1 aliphatic rings. The third-order valence-corrected chi connectivity index (χ3v) is 8.41. The predicted octanol–water partition coefficient (Wildman–Crippen LogP) is 2.84. The molecule has 3 rings (SSSR count). The van der Waals surface area contributed by atoms with Gasteiger partial charge in [-0.1, -0.05) is 24.6 Å². The molecule has 1 saturated heterocycles. The van der Waals surface area contributed by atoms with Gasteiger partial charge in [-0.2, -0.15) is 4.31 Å². The zero-order valence-corrected chi connectivity index (χ0v) is 19.6. The molecule has 0 bridgehead atoms. The number of sulfonamides is 1. The highest BCUT2D eigenvalue weighted by Gasteiger charge is 2.27. The molecule has 164 valence electrons. The van der Waals surface area contributed by atoms with Crippen LogP contribution in [0.4, 0.5) is 0 Å². The average molecular weight is 450 g/mol. The first-order valence-corrected chi connectivity index (χ1v) is 12.6. The minimum atomic E-state index is -3.48. The highest BCUT2D eigenvalue weighted by Crippen LogP contribution is 2.23. The van der Waals surface area contributed by atoms with Crippen LogP contribution in [0.3, 0.4) is 0 Å². The largest absolute Gasteiger partial charge is 0.356 e. The van der Waals surface area contributed by atoms with Crippen molar-refractivity contribution in [2.75, 3.05) is 26.7 Å². The van der Waals surface area contributed by atoms with E-state index in [1.807, 2.05) is 19.1 Å². The summed E-state index contributed by atoms with van der Waals surface area (Å²) in [7, 11) is -1.76. The third kappa shape index (κ3) is 5.59. The summed E-state index contributed by atoms with van der Waals surface area (Å²) in [5, 5.41) is 7.63. The lowest BCUT2D eigenvalue weighted by Crippen LogP contribution is -2.39. The number of hydrogen-bond acceptors (Lipinski definition) is 5. The van der Waals surface area contributed by atoms with E-state index in [1.54, 1.807) is 34.8 Å². The van der Waals surface area contributed by atoms with Gasteiger partial charge in [0.15, 0.2) is 5.96 Å². The highest BCUT2D eigenvalue weighted by molar-refractivity contribution is 7.89. The van der Waals surface area contributed by atoms with Gasteiger partial charge in [-0.15, -0.1) is 11.3 Å². The van der Waals surface area contributed by atoms with E-state index >= 15 is 0 Å². The molecule has 9 heteroatoms. The van der Waals surface area contributed by atoms with E-state index in [1.165, 1.54) is 4.88 Å². The van der Waals surface area contributed by atoms with Crippen LogP contribution < -0.4 is 10.6 Å². The molecule has 1 fully saturated rings. The molecular formula is C21H31N5O2S2. The van der Waals surface area contributed by atoms with E-state index in [0.717, 1.165) is 41.9 Å². The number of aryl methyl sites for hydroxylation is 2. The Morgan fingerprint density at radius 3 is 2.57 bits per heavy atom. The fraction of sp³-hybridized carbons (Fsp3) is 0.524. The van der Waals surface area contributed by atoms with Gasteiger partial charge >= 0.3 is 0 Å². The lowest BCUT2D eigenvalue weighted by Gasteiger charge is -2.27. The van der Waals surface area contributed by atoms with E-state index in [-0.39, 0.29) is 0 Å². The normalized spacial score (nSPS) is 15.9. The summed E-state index contributed by atoms with van der Waals surface area (Å²) >= 11 is 1.72. The SMILES string of the molecule is CN=C(NCCc1nc(C)c(C)s1)NCc1ccccc1S(=O)(=O)N1CCCCC1. The van der Waals surface area contributed by atoms with Crippen molar-refractivity contribution >= 4 is 27.3 Å². The number of nitrogens with zero attached hydrogens (tertiary/aromatic N) is 3. The number of rotatable bonds is 7. The van der Waals surface area contributed by atoms with Crippen molar-refractivity contribution in [2.24, 2.45) is 4.99 Å². The Morgan fingerprint density at radius 2 is 1.90 bits per heavy atom. The molecule has 0 unspecified atom stereocenters. The summed E-state index contributed by atoms with van der Waals surface area (Å²) in [6.07, 6.45) is 3.76. The summed E-state index contributed by atoms with van der Waals surface area (Å²) in [5.74, 6) is 0.644. The Morgan fingerprint density at radius 1 is 1.17 bits per heavy atom. The second kappa shape index (κ2) is 10.4. The molecule has 2 aromatic rings. The minimum absolute atomic E-state index is 0.378. The smallest absolute Gasteiger partial charge is 0.243 e. The Hall–Kier alpha value is -1.97. The van der Waals surface area contributed by atoms with Crippen LogP contribution in [-0.4, -0.2) is 50.3 Å². The number of guanidine groups is 1. The van der Waals surface area contributed by atoms with Crippen molar-refractivity contribution in [3.63, 3.8) is 0 Å². The van der Waals surface area contributed by atoms with Gasteiger partial charge in [0.05, 0.1) is 15.6 Å². The van der Waals surface area contributed by atoms with Crippen molar-refractivity contribution in [3.8, 4) is 0 Å². The van der Waals surface area contributed by atoms with E-state index in [4.69, 9.17) is 0 Å². The maximum Gasteiger partial charge on any atom is 0.243 e. The molecule has 2 heterocycles. The van der Waals surface area contributed by atoms with Gasteiger partial charge in [-0.3, -0.25) is 4.99 Å². The van der Waals surface area contributed by atoms with Crippen LogP contribution in [0.25, 0.3) is 0 Å². The Kier molecular flexibility index (Phi) is 7.85. The maximum absolute atomic E-state index is 13.1. The predicted molar refractivity (Wildman–Crippen MR) is 123 cm³/mol. The van der Waals surface area contributed by atoms with Crippen molar-refractivity contribution in [1.29, 1.82) is 0 Å². The minimum Gasteiger partial charge on any atom is -0.356 e. The molecule has 1 aliphatic heterocycles. The lowest BCUT2D eigenvalue weighted by molar-refractivity contribution is 0.346. The van der Waals surface area contributed by atoms with E-state index < -0.39 is 10.0 Å². The summed E-state index contributed by atoms with van der Waals surface area (Å²) in [4.78, 5) is 10.4. The number of aromatic nitrogens is 1.